The van der Waals surface area contributed by atoms with Gasteiger partial charge < -0.3 is 20.4 Å². The fourth-order valence-electron chi connectivity index (χ4n) is 13.1. The number of aliphatic hydroxyl groups is 4. The van der Waals surface area contributed by atoms with Crippen LogP contribution >= 0.6 is 0 Å². The van der Waals surface area contributed by atoms with Crippen LogP contribution in [0.15, 0.2) is 53.1 Å². The largest absolute Gasteiger partial charge is 0.393 e. The van der Waals surface area contributed by atoms with Crippen LogP contribution < -0.4 is 0 Å². The van der Waals surface area contributed by atoms with Crippen LogP contribution in [0.1, 0.15) is 136 Å². The quantitative estimate of drug-likeness (QED) is 0.219. The number of carbonyl (C=O) groups is 1. The Morgan fingerprint density at radius 1 is 0.939 bits per heavy atom. The fourth-order valence-corrected chi connectivity index (χ4v) is 13.1. The standard InChI is InChI=1S/C44H64O5/c1-28(31-16-21-44(49)34-23-37(46)35-24-38(47)39(48)27-41(35,4)32(34)15-20-42(31,44)5)36(45)22-33(40(2,3)25-29-12-7-6-8-13-29)30-14-11-19-43(26-30)17-9-10-18-43/h6-8,12-13,23,28,31-32,35-36,38-39,45,47-49H,9-11,14-22,24-27H2,1-5H3/b33-30+/t28-,31+,32-,35-,36+,38+,39-,41+,42+,44+/m0/s1. The van der Waals surface area contributed by atoms with E-state index in [1.54, 1.807) is 11.6 Å². The normalized spacial score (nSPS) is 41.0. The third kappa shape index (κ3) is 5.85. The van der Waals surface area contributed by atoms with Crippen molar-refractivity contribution < 1.29 is 25.2 Å². The minimum absolute atomic E-state index is 0.00154. The first kappa shape index (κ1) is 35.6. The third-order valence-corrected chi connectivity index (χ3v) is 16.0. The Morgan fingerprint density at radius 3 is 2.35 bits per heavy atom. The van der Waals surface area contributed by atoms with E-state index >= 15 is 0 Å². The molecule has 0 radical (unpaired) electrons. The predicted molar refractivity (Wildman–Crippen MR) is 195 cm³/mol. The summed E-state index contributed by atoms with van der Waals surface area (Å²) in [5.74, 6) is -0.182. The monoisotopic (exact) mass is 672 g/mol. The van der Waals surface area contributed by atoms with Crippen molar-refractivity contribution in [2.24, 2.45) is 45.3 Å². The number of ketones is 1. The lowest BCUT2D eigenvalue weighted by molar-refractivity contribution is -0.154. The van der Waals surface area contributed by atoms with Crippen molar-refractivity contribution in [1.82, 2.24) is 0 Å². The summed E-state index contributed by atoms with van der Waals surface area (Å²) in [6, 6.07) is 10.8. The van der Waals surface area contributed by atoms with E-state index in [-0.39, 0.29) is 41.3 Å². The van der Waals surface area contributed by atoms with E-state index in [1.165, 1.54) is 56.1 Å². The molecule has 6 aliphatic rings. The van der Waals surface area contributed by atoms with Crippen LogP contribution in [0.3, 0.4) is 0 Å². The van der Waals surface area contributed by atoms with Crippen molar-refractivity contribution in [3.63, 3.8) is 0 Å². The molecular formula is C44H64O5. The summed E-state index contributed by atoms with van der Waals surface area (Å²) in [7, 11) is 0. The van der Waals surface area contributed by atoms with Crippen LogP contribution in [-0.4, -0.2) is 50.1 Å². The maximum Gasteiger partial charge on any atom is 0.159 e. The summed E-state index contributed by atoms with van der Waals surface area (Å²) in [5.41, 5.74) is 3.66. The molecule has 0 amide bonds. The second-order valence-electron chi connectivity index (χ2n) is 19.1. The van der Waals surface area contributed by atoms with Gasteiger partial charge in [-0.1, -0.05) is 88.9 Å². The first-order valence-corrected chi connectivity index (χ1v) is 19.9. The molecule has 0 aliphatic heterocycles. The van der Waals surface area contributed by atoms with Gasteiger partial charge in [-0.25, -0.2) is 0 Å². The SMILES string of the molecule is C[C@H]([C@H](O)C/C(=C1/CCCC2(CCCC2)C1)C(C)(C)Cc1ccccc1)[C@H]1CC[C@@]2(O)C3=CC(=O)[C@@H]4C[C@@H](O)[C@@H](O)C[C@]4(C)[C@H]3CC[C@]12C. The minimum Gasteiger partial charge on any atom is -0.393 e. The molecule has 1 aromatic carbocycles. The Bertz CT molecular complexity index is 1470. The van der Waals surface area contributed by atoms with Crippen LogP contribution in [0, 0.1) is 45.3 Å². The molecule has 1 spiro atoms. The van der Waals surface area contributed by atoms with Gasteiger partial charge in [0.1, 0.15) is 0 Å². The van der Waals surface area contributed by atoms with Crippen LogP contribution in [0.4, 0.5) is 0 Å². The molecule has 0 aromatic heterocycles. The van der Waals surface area contributed by atoms with Crippen molar-refractivity contribution >= 4 is 5.78 Å². The van der Waals surface area contributed by atoms with E-state index in [0.717, 1.165) is 37.7 Å². The van der Waals surface area contributed by atoms with Crippen molar-refractivity contribution in [3.8, 4) is 0 Å². The van der Waals surface area contributed by atoms with Gasteiger partial charge in [0, 0.05) is 11.3 Å². The highest BCUT2D eigenvalue weighted by Gasteiger charge is 2.67. The number of carbonyl (C=O) groups excluding carboxylic acids is 1. The molecule has 0 unspecified atom stereocenters. The molecule has 5 saturated carbocycles. The minimum atomic E-state index is -1.11. The van der Waals surface area contributed by atoms with Crippen LogP contribution in [0.2, 0.25) is 0 Å². The molecule has 0 bridgehead atoms. The zero-order valence-electron chi connectivity index (χ0n) is 31.0. The number of fused-ring (bicyclic) bond motifs is 5. The molecule has 5 fully saturated rings. The van der Waals surface area contributed by atoms with E-state index < -0.39 is 34.7 Å². The van der Waals surface area contributed by atoms with Gasteiger partial charge in [-0.3, -0.25) is 4.79 Å². The van der Waals surface area contributed by atoms with Crippen molar-refractivity contribution in [3.05, 3.63) is 58.7 Å². The fraction of sp³-hybridized carbons (Fsp3) is 0.750. The lowest BCUT2D eigenvalue weighted by atomic mass is 9.46. The first-order valence-electron chi connectivity index (χ1n) is 19.9. The summed E-state index contributed by atoms with van der Waals surface area (Å²) in [5, 5.41) is 46.3. The zero-order valence-corrected chi connectivity index (χ0v) is 31.0. The molecule has 270 valence electrons. The van der Waals surface area contributed by atoms with Gasteiger partial charge in [0.2, 0.25) is 0 Å². The van der Waals surface area contributed by atoms with Gasteiger partial charge in [0.25, 0.3) is 0 Å². The highest BCUT2D eigenvalue weighted by atomic mass is 16.3. The summed E-state index contributed by atoms with van der Waals surface area (Å²) in [6.45, 7) is 11.4. The number of benzene rings is 1. The average molecular weight is 673 g/mol. The number of hydrogen-bond acceptors (Lipinski definition) is 5. The van der Waals surface area contributed by atoms with E-state index in [9.17, 15) is 25.2 Å². The second kappa shape index (κ2) is 12.7. The lowest BCUT2D eigenvalue weighted by Crippen LogP contribution is -2.61. The van der Waals surface area contributed by atoms with Gasteiger partial charge in [-0.05, 0) is 141 Å². The number of aliphatic hydroxyl groups excluding tert-OH is 3. The summed E-state index contributed by atoms with van der Waals surface area (Å²) in [6.07, 6.45) is 15.3. The number of rotatable bonds is 7. The zero-order chi connectivity index (χ0) is 35.0. The number of hydrogen-bond donors (Lipinski definition) is 4. The lowest BCUT2D eigenvalue weighted by Gasteiger charge is -2.60. The molecule has 1 aromatic rings. The third-order valence-electron chi connectivity index (χ3n) is 16.0. The van der Waals surface area contributed by atoms with E-state index in [4.69, 9.17) is 0 Å². The Balaban J connectivity index is 1.17. The van der Waals surface area contributed by atoms with Gasteiger partial charge >= 0.3 is 0 Å². The first-order chi connectivity index (χ1) is 23.1. The highest BCUT2D eigenvalue weighted by molar-refractivity contribution is 5.95. The Kier molecular flexibility index (Phi) is 9.23. The van der Waals surface area contributed by atoms with Crippen LogP contribution in [-0.2, 0) is 11.2 Å². The summed E-state index contributed by atoms with van der Waals surface area (Å²) < 4.78 is 0. The topological polar surface area (TPSA) is 98.0 Å². The van der Waals surface area contributed by atoms with Gasteiger partial charge in [0.05, 0.1) is 23.9 Å². The molecule has 5 nitrogen and oxygen atoms in total. The molecule has 7 rings (SSSR count). The molecule has 10 atom stereocenters. The van der Waals surface area contributed by atoms with E-state index in [1.807, 2.05) is 0 Å². The molecule has 4 N–H and O–H groups in total. The molecule has 0 saturated heterocycles. The molecule has 0 heterocycles. The van der Waals surface area contributed by atoms with E-state index in [2.05, 4.69) is 65.0 Å². The van der Waals surface area contributed by atoms with E-state index in [0.29, 0.717) is 24.7 Å². The average Bonchev–Trinajstić information content (AvgIpc) is 3.62. The van der Waals surface area contributed by atoms with Crippen molar-refractivity contribution in [1.29, 1.82) is 0 Å². The summed E-state index contributed by atoms with van der Waals surface area (Å²) in [4.78, 5) is 13.7. The van der Waals surface area contributed by atoms with Gasteiger partial charge in [-0.2, -0.15) is 0 Å². The highest BCUT2D eigenvalue weighted by Crippen LogP contribution is 2.68. The van der Waals surface area contributed by atoms with Crippen LogP contribution in [0.5, 0.6) is 0 Å². The second-order valence-corrected chi connectivity index (χ2v) is 19.1. The predicted octanol–water partition coefficient (Wildman–Crippen LogP) is 8.28. The Morgan fingerprint density at radius 2 is 1.63 bits per heavy atom. The Hall–Kier alpha value is -1.79. The van der Waals surface area contributed by atoms with Crippen molar-refractivity contribution in [2.45, 2.75) is 161 Å². The maximum absolute atomic E-state index is 13.7. The number of allylic oxidation sites excluding steroid dienone is 2. The molecular weight excluding hydrogens is 608 g/mol. The van der Waals surface area contributed by atoms with Gasteiger partial charge in [0.15, 0.2) is 5.78 Å². The molecule has 5 heteroatoms. The maximum atomic E-state index is 13.7. The van der Waals surface area contributed by atoms with Gasteiger partial charge in [-0.15, -0.1) is 0 Å². The molecule has 49 heavy (non-hydrogen) atoms. The smallest absolute Gasteiger partial charge is 0.159 e. The van der Waals surface area contributed by atoms with Crippen LogP contribution in [0.25, 0.3) is 0 Å². The summed E-state index contributed by atoms with van der Waals surface area (Å²) >= 11 is 0. The molecule has 6 aliphatic carbocycles. The van der Waals surface area contributed by atoms with Crippen molar-refractivity contribution in [2.75, 3.05) is 0 Å². The Labute approximate surface area is 295 Å².